The molecular weight excluding hydrogens is 246 g/mol. The molecule has 20 heavy (non-hydrogen) atoms. The predicted molar refractivity (Wildman–Crippen MR) is 84.8 cm³/mol. The molecule has 3 unspecified atom stereocenters. The lowest BCUT2D eigenvalue weighted by atomic mass is 9.67. The Morgan fingerprint density at radius 2 is 2.10 bits per heavy atom. The van der Waals surface area contributed by atoms with Gasteiger partial charge in [-0.3, -0.25) is 0 Å². The number of nitrogens with zero attached hydrogens (tertiary/aromatic N) is 2. The average Bonchev–Trinajstić information content (AvgIpc) is 2.99. The van der Waals surface area contributed by atoms with E-state index >= 15 is 0 Å². The first kappa shape index (κ1) is 15.6. The van der Waals surface area contributed by atoms with Crippen LogP contribution in [-0.2, 0) is 0 Å². The van der Waals surface area contributed by atoms with E-state index in [1.807, 2.05) is 12.5 Å². The zero-order chi connectivity index (χ0) is 14.6. The van der Waals surface area contributed by atoms with Crippen molar-refractivity contribution in [2.75, 3.05) is 6.54 Å². The van der Waals surface area contributed by atoms with E-state index in [-0.39, 0.29) is 0 Å². The van der Waals surface area contributed by atoms with Crippen molar-refractivity contribution in [3.8, 4) is 0 Å². The van der Waals surface area contributed by atoms with E-state index in [0.29, 0.717) is 17.5 Å². The maximum atomic E-state index is 4.25. The smallest absolute Gasteiger partial charge is 0.0949 e. The fraction of sp³-hybridized carbons (Fsp3) is 0.824. The summed E-state index contributed by atoms with van der Waals surface area (Å²) in [5.41, 5.74) is 0.453. The second kappa shape index (κ2) is 6.75. The molecule has 1 aromatic heterocycles. The van der Waals surface area contributed by atoms with Crippen LogP contribution in [0.15, 0.2) is 18.7 Å². The summed E-state index contributed by atoms with van der Waals surface area (Å²) in [7, 11) is 0. The van der Waals surface area contributed by atoms with Gasteiger partial charge in [-0.15, -0.1) is 0 Å². The lowest BCUT2D eigenvalue weighted by molar-refractivity contribution is 0.101. The molecule has 0 bridgehead atoms. The van der Waals surface area contributed by atoms with Gasteiger partial charge in [0.2, 0.25) is 0 Å². The summed E-state index contributed by atoms with van der Waals surface area (Å²) >= 11 is 0. The van der Waals surface area contributed by atoms with Crippen molar-refractivity contribution < 1.29 is 0 Å². The molecule has 0 radical (unpaired) electrons. The Morgan fingerprint density at radius 1 is 1.30 bits per heavy atom. The van der Waals surface area contributed by atoms with Crippen LogP contribution in [0.2, 0.25) is 0 Å². The van der Waals surface area contributed by atoms with E-state index in [1.54, 1.807) is 0 Å². The minimum absolute atomic E-state index is 0.453. The van der Waals surface area contributed by atoms with Gasteiger partial charge < -0.3 is 9.88 Å². The van der Waals surface area contributed by atoms with E-state index < -0.39 is 0 Å². The van der Waals surface area contributed by atoms with E-state index in [9.17, 15) is 0 Å². The van der Waals surface area contributed by atoms with E-state index in [1.165, 1.54) is 32.1 Å². The third-order valence-corrected chi connectivity index (χ3v) is 5.40. The van der Waals surface area contributed by atoms with Crippen LogP contribution in [0, 0.1) is 11.3 Å². The highest BCUT2D eigenvalue weighted by atomic mass is 15.1. The molecule has 3 nitrogen and oxygen atoms in total. The molecule has 1 saturated carbocycles. The number of aromatic nitrogens is 2. The second-order valence-electron chi connectivity index (χ2n) is 6.99. The zero-order valence-corrected chi connectivity index (χ0v) is 13.6. The Kier molecular flexibility index (Phi) is 5.25. The Morgan fingerprint density at radius 3 is 2.70 bits per heavy atom. The first-order valence-corrected chi connectivity index (χ1v) is 8.29. The molecule has 1 aromatic rings. The van der Waals surface area contributed by atoms with E-state index in [2.05, 4.69) is 48.8 Å². The number of nitrogens with one attached hydrogen (secondary N) is 1. The van der Waals surface area contributed by atoms with Crippen molar-refractivity contribution in [1.82, 2.24) is 14.9 Å². The van der Waals surface area contributed by atoms with Crippen molar-refractivity contribution in [2.24, 2.45) is 11.3 Å². The summed E-state index contributed by atoms with van der Waals surface area (Å²) in [5, 5.41) is 3.75. The largest absolute Gasteiger partial charge is 0.333 e. The molecule has 1 aliphatic rings. The molecule has 0 saturated heterocycles. The van der Waals surface area contributed by atoms with Crippen molar-refractivity contribution in [3.05, 3.63) is 18.7 Å². The van der Waals surface area contributed by atoms with Gasteiger partial charge in [-0.05, 0) is 43.6 Å². The average molecular weight is 277 g/mol. The van der Waals surface area contributed by atoms with Crippen LogP contribution in [0.5, 0.6) is 0 Å². The minimum atomic E-state index is 0.453. The summed E-state index contributed by atoms with van der Waals surface area (Å²) < 4.78 is 2.32. The minimum Gasteiger partial charge on any atom is -0.333 e. The van der Waals surface area contributed by atoms with Gasteiger partial charge in [0.25, 0.3) is 0 Å². The third-order valence-electron chi connectivity index (χ3n) is 5.40. The fourth-order valence-electron chi connectivity index (χ4n) is 3.51. The second-order valence-corrected chi connectivity index (χ2v) is 6.99. The number of rotatable bonds is 6. The Bertz CT molecular complexity index is 383. The Hall–Kier alpha value is -0.830. The quantitative estimate of drug-likeness (QED) is 0.851. The molecule has 1 heterocycles. The maximum Gasteiger partial charge on any atom is 0.0949 e. The van der Waals surface area contributed by atoms with Gasteiger partial charge >= 0.3 is 0 Å². The van der Waals surface area contributed by atoms with Crippen LogP contribution in [0.25, 0.3) is 0 Å². The molecule has 1 fully saturated rings. The van der Waals surface area contributed by atoms with Gasteiger partial charge in [-0.1, -0.05) is 34.1 Å². The molecule has 0 aliphatic heterocycles. The molecule has 0 amide bonds. The molecule has 1 N–H and O–H groups in total. The highest BCUT2D eigenvalue weighted by Crippen LogP contribution is 2.44. The van der Waals surface area contributed by atoms with Crippen LogP contribution in [-0.4, -0.2) is 22.1 Å². The number of imidazole rings is 1. The molecule has 1 aliphatic carbocycles. The summed E-state index contributed by atoms with van der Waals surface area (Å²) in [5.74, 6) is 0.819. The topological polar surface area (TPSA) is 29.9 Å². The van der Waals surface area contributed by atoms with E-state index in [0.717, 1.165) is 12.5 Å². The summed E-state index contributed by atoms with van der Waals surface area (Å²) in [6, 6.07) is 1.17. The monoisotopic (exact) mass is 277 g/mol. The molecular formula is C17H31N3. The van der Waals surface area contributed by atoms with Crippen molar-refractivity contribution in [3.63, 3.8) is 0 Å². The van der Waals surface area contributed by atoms with Gasteiger partial charge in [0.1, 0.15) is 0 Å². The van der Waals surface area contributed by atoms with E-state index in [4.69, 9.17) is 0 Å². The SMILES string of the molecule is CCCNC1CCC(C(C)(C)CC)CC1n1ccnc1. The lowest BCUT2D eigenvalue weighted by Crippen LogP contribution is -2.44. The third kappa shape index (κ3) is 3.43. The van der Waals surface area contributed by atoms with Gasteiger partial charge in [0.05, 0.1) is 12.4 Å². The molecule has 114 valence electrons. The number of hydrogen-bond acceptors (Lipinski definition) is 2. The molecule has 3 atom stereocenters. The maximum absolute atomic E-state index is 4.25. The summed E-state index contributed by atoms with van der Waals surface area (Å²) in [4.78, 5) is 4.25. The number of hydrogen-bond donors (Lipinski definition) is 1. The molecule has 0 spiro atoms. The van der Waals surface area contributed by atoms with Crippen molar-refractivity contribution in [2.45, 2.75) is 71.9 Å². The molecule has 0 aromatic carbocycles. The lowest BCUT2D eigenvalue weighted by Gasteiger charge is -2.43. The van der Waals surface area contributed by atoms with Gasteiger partial charge in [0.15, 0.2) is 0 Å². The highest BCUT2D eigenvalue weighted by Gasteiger charge is 2.37. The molecule has 3 heteroatoms. The van der Waals surface area contributed by atoms with Crippen molar-refractivity contribution >= 4 is 0 Å². The van der Waals surface area contributed by atoms with Gasteiger partial charge in [-0.25, -0.2) is 4.98 Å². The molecule has 2 rings (SSSR count). The van der Waals surface area contributed by atoms with Crippen molar-refractivity contribution in [1.29, 1.82) is 0 Å². The highest BCUT2D eigenvalue weighted by molar-refractivity contribution is 4.95. The summed E-state index contributed by atoms with van der Waals surface area (Å²) in [6.07, 6.45) is 12.4. The summed E-state index contributed by atoms with van der Waals surface area (Å²) in [6.45, 7) is 10.6. The van der Waals surface area contributed by atoms with Crippen LogP contribution < -0.4 is 5.32 Å². The zero-order valence-electron chi connectivity index (χ0n) is 13.6. The van der Waals surface area contributed by atoms with Gasteiger partial charge in [-0.2, -0.15) is 0 Å². The van der Waals surface area contributed by atoms with Crippen LogP contribution in [0.1, 0.15) is 65.8 Å². The first-order valence-electron chi connectivity index (χ1n) is 8.29. The Labute approximate surface area is 124 Å². The normalized spacial score (nSPS) is 27.7. The fourth-order valence-corrected chi connectivity index (χ4v) is 3.51. The van der Waals surface area contributed by atoms with Crippen LogP contribution in [0.4, 0.5) is 0 Å². The van der Waals surface area contributed by atoms with Crippen LogP contribution >= 0.6 is 0 Å². The Balaban J connectivity index is 2.11. The first-order chi connectivity index (χ1) is 9.58. The van der Waals surface area contributed by atoms with Gasteiger partial charge in [0, 0.05) is 18.4 Å². The van der Waals surface area contributed by atoms with Crippen LogP contribution in [0.3, 0.4) is 0 Å². The predicted octanol–water partition coefficient (Wildman–Crippen LogP) is 4.03. The standard InChI is InChI=1S/C17H31N3/c1-5-9-19-15-8-7-14(17(3,4)6-2)12-16(15)20-11-10-18-13-20/h10-11,13-16,19H,5-9,12H2,1-4H3.